The number of ether oxygens (including phenoxy) is 2. The van der Waals surface area contributed by atoms with E-state index in [1.807, 2.05) is 0 Å². The molecule has 1 saturated heterocycles. The summed E-state index contributed by atoms with van der Waals surface area (Å²) in [5.74, 6) is -0.988. The molecule has 1 aromatic heterocycles. The van der Waals surface area contributed by atoms with Crippen LogP contribution in [0.1, 0.15) is 36.8 Å². The first-order chi connectivity index (χ1) is 16.2. The van der Waals surface area contributed by atoms with E-state index < -0.39 is 48.4 Å². The van der Waals surface area contributed by atoms with E-state index in [4.69, 9.17) is 9.47 Å². The van der Waals surface area contributed by atoms with E-state index in [9.17, 15) is 26.4 Å². The van der Waals surface area contributed by atoms with Crippen LogP contribution in [0.5, 0.6) is 0 Å². The van der Waals surface area contributed by atoms with Crippen molar-refractivity contribution >= 4 is 32.1 Å². The number of hydrogen-bond donors (Lipinski definition) is 0. The highest BCUT2D eigenvalue weighted by Gasteiger charge is 2.39. The van der Waals surface area contributed by atoms with Crippen LogP contribution in [-0.4, -0.2) is 81.0 Å². The molecule has 0 saturated carbocycles. The molecule has 0 bridgehead atoms. The topological polar surface area (TPSA) is 132 Å². The quantitative estimate of drug-likeness (QED) is 0.540. The van der Waals surface area contributed by atoms with Crippen LogP contribution in [0, 0.1) is 6.92 Å². The van der Waals surface area contributed by atoms with Crippen molar-refractivity contribution in [2.75, 3.05) is 33.3 Å². The van der Waals surface area contributed by atoms with Gasteiger partial charge in [0.05, 0.1) is 12.0 Å². The number of rotatable bonds is 5. The smallest absolute Gasteiger partial charge is 0.410 e. The molecule has 0 aliphatic carbocycles. The molecule has 1 aliphatic rings. The number of nitrogens with zero attached hydrogens (tertiary/aromatic N) is 3. The standard InChI is InChI=1S/C22H29N3O8S2/c1-16-15-18(25(19(16)20(26)32-5)34(28,29)17-9-7-6-8-10-17)35(30,31)24-13-11-23(12-14-24)21(27)33-22(2,3)4/h6-10,15H,11-14H2,1-5H3. The molecule has 0 spiro atoms. The zero-order valence-electron chi connectivity index (χ0n) is 20.2. The average Bonchev–Trinajstić information content (AvgIpc) is 3.17. The number of carbonyl (C=O) groups excluding carboxylic acids is 2. The molecule has 1 fully saturated rings. The Bertz CT molecular complexity index is 1320. The number of amides is 1. The lowest BCUT2D eigenvalue weighted by Gasteiger charge is -2.35. The van der Waals surface area contributed by atoms with Crippen molar-refractivity contribution in [3.63, 3.8) is 0 Å². The second-order valence-corrected chi connectivity index (χ2v) is 12.6. The Morgan fingerprint density at radius 2 is 1.49 bits per heavy atom. The van der Waals surface area contributed by atoms with Crippen LogP contribution < -0.4 is 0 Å². The number of aryl methyl sites for hydroxylation is 1. The van der Waals surface area contributed by atoms with Crippen molar-refractivity contribution in [3.8, 4) is 0 Å². The largest absolute Gasteiger partial charge is 0.464 e. The van der Waals surface area contributed by atoms with E-state index >= 15 is 0 Å². The molecule has 192 valence electrons. The van der Waals surface area contributed by atoms with E-state index in [1.54, 1.807) is 26.8 Å². The molecule has 0 radical (unpaired) electrons. The lowest BCUT2D eigenvalue weighted by Crippen LogP contribution is -2.51. The number of carbonyl (C=O) groups is 2. The summed E-state index contributed by atoms with van der Waals surface area (Å²) in [6.07, 6.45) is -0.562. The third-order valence-corrected chi connectivity index (χ3v) is 8.99. The molecular formula is C22H29N3O8S2. The molecule has 11 nitrogen and oxygen atoms in total. The molecule has 1 aromatic carbocycles. The van der Waals surface area contributed by atoms with E-state index in [1.165, 1.54) is 36.1 Å². The molecule has 35 heavy (non-hydrogen) atoms. The first kappa shape index (κ1) is 26.7. The van der Waals surface area contributed by atoms with Crippen LogP contribution in [-0.2, 0) is 29.5 Å². The van der Waals surface area contributed by atoms with E-state index in [-0.39, 0.29) is 36.6 Å². The van der Waals surface area contributed by atoms with Gasteiger partial charge in [0.2, 0.25) is 0 Å². The summed E-state index contributed by atoms with van der Waals surface area (Å²) in [6.45, 7) is 6.58. The Morgan fingerprint density at radius 1 is 0.914 bits per heavy atom. The van der Waals surface area contributed by atoms with Crippen LogP contribution in [0.15, 0.2) is 46.3 Å². The van der Waals surface area contributed by atoms with Gasteiger partial charge in [0.1, 0.15) is 11.3 Å². The Morgan fingerprint density at radius 3 is 2.00 bits per heavy atom. The second-order valence-electron chi connectivity index (χ2n) is 8.96. The number of benzene rings is 1. The average molecular weight is 528 g/mol. The molecule has 13 heteroatoms. The fourth-order valence-electron chi connectivity index (χ4n) is 3.61. The Balaban J connectivity index is 2.02. The summed E-state index contributed by atoms with van der Waals surface area (Å²) in [5.41, 5.74) is -0.973. The highest BCUT2D eigenvalue weighted by Crippen LogP contribution is 2.29. The SMILES string of the molecule is COC(=O)c1c(C)cc(S(=O)(=O)N2CCN(C(=O)OC(C)(C)C)CC2)n1S(=O)(=O)c1ccccc1. The summed E-state index contributed by atoms with van der Waals surface area (Å²) in [5, 5.41) is -0.579. The normalized spacial score (nSPS) is 15.6. The van der Waals surface area contributed by atoms with Crippen molar-refractivity contribution in [2.45, 2.75) is 43.2 Å². The fraction of sp³-hybridized carbons (Fsp3) is 0.455. The molecule has 2 heterocycles. The lowest BCUT2D eigenvalue weighted by atomic mass is 10.2. The summed E-state index contributed by atoms with van der Waals surface area (Å²) >= 11 is 0. The van der Waals surface area contributed by atoms with Crippen molar-refractivity contribution in [1.29, 1.82) is 0 Å². The van der Waals surface area contributed by atoms with Gasteiger partial charge in [0, 0.05) is 26.2 Å². The Labute approximate surface area is 205 Å². The van der Waals surface area contributed by atoms with Crippen molar-refractivity contribution in [1.82, 2.24) is 13.2 Å². The number of piperazine rings is 1. The van der Waals surface area contributed by atoms with Crippen LogP contribution in [0.3, 0.4) is 0 Å². The predicted molar refractivity (Wildman–Crippen MR) is 126 cm³/mol. The highest BCUT2D eigenvalue weighted by atomic mass is 32.2. The zero-order chi connectivity index (χ0) is 26.2. The molecule has 2 aromatic rings. The van der Waals surface area contributed by atoms with Gasteiger partial charge >= 0.3 is 12.1 Å². The fourth-order valence-corrected chi connectivity index (χ4v) is 7.18. The van der Waals surface area contributed by atoms with E-state index in [2.05, 4.69) is 0 Å². The summed E-state index contributed by atoms with van der Waals surface area (Å²) in [7, 11) is -7.77. The Kier molecular flexibility index (Phi) is 7.34. The van der Waals surface area contributed by atoms with E-state index in [0.717, 1.165) is 17.5 Å². The van der Waals surface area contributed by atoms with Crippen molar-refractivity contribution in [2.24, 2.45) is 0 Å². The Hall–Kier alpha value is -2.90. The van der Waals surface area contributed by atoms with Crippen LogP contribution in [0.4, 0.5) is 4.79 Å². The first-order valence-corrected chi connectivity index (χ1v) is 13.7. The van der Waals surface area contributed by atoms with Crippen molar-refractivity contribution in [3.05, 3.63) is 47.7 Å². The van der Waals surface area contributed by atoms with Gasteiger partial charge in [-0.2, -0.15) is 4.31 Å². The van der Waals surface area contributed by atoms with Gasteiger partial charge in [0.25, 0.3) is 20.0 Å². The molecule has 0 N–H and O–H groups in total. The molecule has 0 unspecified atom stereocenters. The maximum atomic E-state index is 13.6. The molecule has 1 amide bonds. The van der Waals surface area contributed by atoms with Crippen LogP contribution >= 0.6 is 0 Å². The summed E-state index contributed by atoms with van der Waals surface area (Å²) in [4.78, 5) is 26.1. The number of methoxy groups -OCH3 is 1. The monoisotopic (exact) mass is 527 g/mol. The minimum atomic E-state index is -4.48. The number of aromatic nitrogens is 1. The summed E-state index contributed by atoms with van der Waals surface area (Å²) < 4.78 is 66.0. The predicted octanol–water partition coefficient (Wildman–Crippen LogP) is 2.06. The summed E-state index contributed by atoms with van der Waals surface area (Å²) in [6, 6.07) is 8.35. The van der Waals surface area contributed by atoms with Gasteiger partial charge in [-0.25, -0.2) is 30.4 Å². The number of sulfonamides is 1. The third-order valence-electron chi connectivity index (χ3n) is 5.27. The molecule has 3 rings (SSSR count). The highest BCUT2D eigenvalue weighted by molar-refractivity contribution is 7.92. The van der Waals surface area contributed by atoms with Crippen LogP contribution in [0.2, 0.25) is 0 Å². The van der Waals surface area contributed by atoms with Gasteiger partial charge in [-0.3, -0.25) is 0 Å². The maximum Gasteiger partial charge on any atom is 0.410 e. The minimum absolute atomic E-state index is 0.0587. The van der Waals surface area contributed by atoms with Crippen molar-refractivity contribution < 1.29 is 35.9 Å². The van der Waals surface area contributed by atoms with Crippen LogP contribution in [0.25, 0.3) is 0 Å². The zero-order valence-corrected chi connectivity index (χ0v) is 21.8. The van der Waals surface area contributed by atoms with Gasteiger partial charge in [-0.15, -0.1) is 0 Å². The molecule has 1 aliphatic heterocycles. The van der Waals surface area contributed by atoms with Gasteiger partial charge in [0.15, 0.2) is 5.03 Å². The number of hydrogen-bond acceptors (Lipinski definition) is 8. The van der Waals surface area contributed by atoms with Gasteiger partial charge in [-0.05, 0) is 51.5 Å². The van der Waals surface area contributed by atoms with Gasteiger partial charge in [-0.1, -0.05) is 18.2 Å². The maximum absolute atomic E-state index is 13.6. The second kappa shape index (κ2) is 9.63. The molecular weight excluding hydrogens is 498 g/mol. The third kappa shape index (κ3) is 5.36. The first-order valence-electron chi connectivity index (χ1n) is 10.8. The number of esters is 1. The molecule has 0 atom stereocenters. The minimum Gasteiger partial charge on any atom is -0.464 e. The lowest BCUT2D eigenvalue weighted by molar-refractivity contribution is 0.0192. The van der Waals surface area contributed by atoms with E-state index in [0.29, 0.717) is 3.97 Å². The van der Waals surface area contributed by atoms with Gasteiger partial charge < -0.3 is 14.4 Å².